The van der Waals surface area contributed by atoms with Crippen molar-refractivity contribution in [2.45, 2.75) is 65.7 Å². The van der Waals surface area contributed by atoms with E-state index in [1.165, 1.54) is 31.2 Å². The van der Waals surface area contributed by atoms with Crippen molar-refractivity contribution >= 4 is 0 Å². The van der Waals surface area contributed by atoms with Gasteiger partial charge in [0.1, 0.15) is 11.5 Å². The molecule has 0 spiro atoms. The third-order valence-corrected chi connectivity index (χ3v) is 4.18. The average Bonchev–Trinajstić information content (AvgIpc) is 2.69. The molecule has 0 bridgehead atoms. The monoisotopic (exact) mass is 265 g/mol. The summed E-state index contributed by atoms with van der Waals surface area (Å²) in [6.45, 7) is 8.19. The molecule has 0 radical (unpaired) electrons. The summed E-state index contributed by atoms with van der Waals surface area (Å²) in [6, 6.07) is 2.11. The van der Waals surface area contributed by atoms with Crippen molar-refractivity contribution in [3.63, 3.8) is 0 Å². The quantitative estimate of drug-likeness (QED) is 0.879. The van der Waals surface area contributed by atoms with E-state index in [1.807, 2.05) is 14.0 Å². The van der Waals surface area contributed by atoms with Gasteiger partial charge in [-0.15, -0.1) is 0 Å². The summed E-state index contributed by atoms with van der Waals surface area (Å²) >= 11 is 0. The Labute approximate surface area is 116 Å². The molecule has 0 aliphatic heterocycles. The van der Waals surface area contributed by atoms with Gasteiger partial charge in [-0.2, -0.15) is 0 Å². The highest BCUT2D eigenvalue weighted by atomic mass is 16.5. The second-order valence-electron chi connectivity index (χ2n) is 6.50. The molecule has 1 saturated carbocycles. The molecule has 1 aliphatic rings. The van der Waals surface area contributed by atoms with Gasteiger partial charge in [-0.1, -0.05) is 13.8 Å². The molecule has 1 aromatic rings. The van der Waals surface area contributed by atoms with Gasteiger partial charge >= 0.3 is 0 Å². The maximum absolute atomic E-state index is 6.05. The number of hydrogen-bond donors (Lipinski definition) is 1. The van der Waals surface area contributed by atoms with Crippen molar-refractivity contribution < 1.29 is 9.15 Å². The minimum Gasteiger partial charge on any atom is -0.465 e. The van der Waals surface area contributed by atoms with E-state index >= 15 is 0 Å². The molecular weight excluding hydrogens is 238 g/mol. The van der Waals surface area contributed by atoms with E-state index in [0.717, 1.165) is 18.1 Å². The van der Waals surface area contributed by atoms with Crippen molar-refractivity contribution in [3.05, 3.63) is 23.2 Å². The molecule has 108 valence electrons. The lowest BCUT2D eigenvalue weighted by Crippen LogP contribution is -2.26. The zero-order valence-corrected chi connectivity index (χ0v) is 12.7. The third-order valence-electron chi connectivity index (χ3n) is 4.18. The van der Waals surface area contributed by atoms with Crippen LogP contribution in [0.3, 0.4) is 0 Å². The SMILES string of the molecule is CNCc1cc(COC2CCC(C)(C)CC2)c(C)o1. The Morgan fingerprint density at radius 2 is 2.05 bits per heavy atom. The van der Waals surface area contributed by atoms with Crippen LogP contribution in [0.2, 0.25) is 0 Å². The van der Waals surface area contributed by atoms with E-state index in [-0.39, 0.29) is 0 Å². The highest BCUT2D eigenvalue weighted by molar-refractivity contribution is 5.19. The summed E-state index contributed by atoms with van der Waals surface area (Å²) in [7, 11) is 1.93. The molecule has 1 aromatic heterocycles. The topological polar surface area (TPSA) is 34.4 Å². The predicted octanol–water partition coefficient (Wildman–Crippen LogP) is 3.79. The normalized spacial score (nSPS) is 19.8. The predicted molar refractivity (Wildman–Crippen MR) is 77.0 cm³/mol. The summed E-state index contributed by atoms with van der Waals surface area (Å²) in [5, 5.41) is 3.10. The molecule has 1 heterocycles. The molecule has 2 rings (SSSR count). The van der Waals surface area contributed by atoms with Gasteiger partial charge in [0, 0.05) is 5.56 Å². The van der Waals surface area contributed by atoms with Crippen LogP contribution in [0.5, 0.6) is 0 Å². The number of furan rings is 1. The first-order valence-electron chi connectivity index (χ1n) is 7.34. The van der Waals surface area contributed by atoms with Crippen LogP contribution in [0.25, 0.3) is 0 Å². The van der Waals surface area contributed by atoms with Crippen LogP contribution in [0, 0.1) is 12.3 Å². The minimum absolute atomic E-state index is 0.426. The van der Waals surface area contributed by atoms with Crippen LogP contribution in [0.1, 0.15) is 56.6 Å². The molecule has 0 amide bonds. The lowest BCUT2D eigenvalue weighted by atomic mass is 9.76. The van der Waals surface area contributed by atoms with Crippen molar-refractivity contribution in [1.82, 2.24) is 5.32 Å². The molecule has 0 aromatic carbocycles. The van der Waals surface area contributed by atoms with Crippen LogP contribution >= 0.6 is 0 Å². The van der Waals surface area contributed by atoms with E-state index in [9.17, 15) is 0 Å². The largest absolute Gasteiger partial charge is 0.465 e. The van der Waals surface area contributed by atoms with Gasteiger partial charge in [0.05, 0.1) is 19.3 Å². The Hall–Kier alpha value is -0.800. The molecule has 1 fully saturated rings. The maximum atomic E-state index is 6.05. The molecule has 1 N–H and O–H groups in total. The van der Waals surface area contributed by atoms with Gasteiger partial charge in [-0.25, -0.2) is 0 Å². The highest BCUT2D eigenvalue weighted by Gasteiger charge is 2.27. The number of aryl methyl sites for hydroxylation is 1. The number of nitrogens with one attached hydrogen (secondary N) is 1. The fraction of sp³-hybridized carbons (Fsp3) is 0.750. The zero-order chi connectivity index (χ0) is 13.9. The van der Waals surface area contributed by atoms with Crippen molar-refractivity contribution in [1.29, 1.82) is 0 Å². The Balaban J connectivity index is 1.82. The summed E-state index contributed by atoms with van der Waals surface area (Å²) in [5.41, 5.74) is 1.70. The number of ether oxygens (including phenoxy) is 1. The molecule has 0 saturated heterocycles. The molecule has 3 heteroatoms. The fourth-order valence-electron chi connectivity index (χ4n) is 2.74. The summed E-state index contributed by atoms with van der Waals surface area (Å²) in [5.74, 6) is 1.98. The maximum Gasteiger partial charge on any atom is 0.118 e. The van der Waals surface area contributed by atoms with Crippen molar-refractivity contribution in [2.75, 3.05) is 7.05 Å². The average molecular weight is 265 g/mol. The van der Waals surface area contributed by atoms with Crippen molar-refractivity contribution in [3.8, 4) is 0 Å². The van der Waals surface area contributed by atoms with Gasteiger partial charge in [0.15, 0.2) is 0 Å². The second kappa shape index (κ2) is 6.10. The first-order chi connectivity index (χ1) is 9.00. The Bertz CT molecular complexity index is 399. The minimum atomic E-state index is 0.426. The third kappa shape index (κ3) is 4.08. The molecule has 19 heavy (non-hydrogen) atoms. The van der Waals surface area contributed by atoms with Crippen LogP contribution in [0.15, 0.2) is 10.5 Å². The summed E-state index contributed by atoms with van der Waals surface area (Å²) < 4.78 is 11.7. The number of hydrogen-bond acceptors (Lipinski definition) is 3. The highest BCUT2D eigenvalue weighted by Crippen LogP contribution is 2.36. The van der Waals surface area contributed by atoms with Gasteiger partial charge < -0.3 is 14.5 Å². The Kier molecular flexibility index (Phi) is 4.69. The van der Waals surface area contributed by atoms with E-state index in [2.05, 4.69) is 25.2 Å². The molecule has 0 atom stereocenters. The summed E-state index contributed by atoms with van der Waals surface area (Å²) in [4.78, 5) is 0. The van der Waals surface area contributed by atoms with Crippen LogP contribution in [-0.4, -0.2) is 13.2 Å². The summed E-state index contributed by atoms with van der Waals surface area (Å²) in [6.07, 6.45) is 5.34. The van der Waals surface area contributed by atoms with Gasteiger partial charge in [0.2, 0.25) is 0 Å². The molecule has 0 unspecified atom stereocenters. The fourth-order valence-corrected chi connectivity index (χ4v) is 2.74. The van der Waals surface area contributed by atoms with E-state index < -0.39 is 0 Å². The molecule has 1 aliphatic carbocycles. The van der Waals surface area contributed by atoms with E-state index in [0.29, 0.717) is 18.1 Å². The Morgan fingerprint density at radius 3 is 2.68 bits per heavy atom. The Morgan fingerprint density at radius 1 is 1.37 bits per heavy atom. The van der Waals surface area contributed by atoms with Gasteiger partial charge in [0.25, 0.3) is 0 Å². The second-order valence-corrected chi connectivity index (χ2v) is 6.50. The zero-order valence-electron chi connectivity index (χ0n) is 12.7. The lowest BCUT2D eigenvalue weighted by molar-refractivity contribution is -0.00598. The van der Waals surface area contributed by atoms with E-state index in [1.54, 1.807) is 0 Å². The van der Waals surface area contributed by atoms with Crippen LogP contribution in [-0.2, 0) is 17.9 Å². The van der Waals surface area contributed by atoms with Crippen LogP contribution < -0.4 is 5.32 Å². The first kappa shape index (κ1) is 14.6. The molecule has 3 nitrogen and oxygen atoms in total. The standard InChI is InChI=1S/C16H27NO2/c1-12-13(9-15(19-12)10-17-4)11-18-14-5-7-16(2,3)8-6-14/h9,14,17H,5-8,10-11H2,1-4H3. The van der Waals surface area contributed by atoms with Crippen molar-refractivity contribution in [2.24, 2.45) is 5.41 Å². The lowest BCUT2D eigenvalue weighted by Gasteiger charge is -2.34. The van der Waals surface area contributed by atoms with E-state index in [4.69, 9.17) is 9.15 Å². The van der Waals surface area contributed by atoms with Gasteiger partial charge in [-0.3, -0.25) is 0 Å². The number of rotatable bonds is 5. The molecular formula is C16H27NO2. The first-order valence-corrected chi connectivity index (χ1v) is 7.34. The smallest absolute Gasteiger partial charge is 0.118 e. The van der Waals surface area contributed by atoms with Crippen LogP contribution in [0.4, 0.5) is 0 Å². The van der Waals surface area contributed by atoms with Gasteiger partial charge in [-0.05, 0) is 51.1 Å².